The highest BCUT2D eigenvalue weighted by Crippen LogP contribution is 2.24. The zero-order valence-corrected chi connectivity index (χ0v) is 12.1. The molecule has 3 N–H and O–H groups in total. The number of carbonyl (C=O) groups is 1. The fraction of sp³-hybridized carbons (Fsp3) is 0.133. The number of nitrogens with two attached hydrogens (primary N) is 1. The Morgan fingerprint density at radius 3 is 2.86 bits per heavy atom. The summed E-state index contributed by atoms with van der Waals surface area (Å²) in [6.07, 6.45) is 0. The predicted octanol–water partition coefficient (Wildman–Crippen LogP) is 3.39. The molecular weight excluding hydrogens is 295 g/mol. The molecule has 0 unspecified atom stereocenters. The molecule has 110 valence electrons. The van der Waals surface area contributed by atoms with Crippen molar-refractivity contribution in [2.45, 2.75) is 6.92 Å². The van der Waals surface area contributed by atoms with Crippen LogP contribution in [0.15, 0.2) is 36.4 Å². The van der Waals surface area contributed by atoms with Crippen LogP contribution >= 0.6 is 11.6 Å². The second-order valence-electron chi connectivity index (χ2n) is 4.48. The summed E-state index contributed by atoms with van der Waals surface area (Å²) >= 11 is 5.62. The van der Waals surface area contributed by atoms with Gasteiger partial charge in [0.05, 0.1) is 16.4 Å². The number of aryl methyl sites for hydroxylation is 1. The Balaban J connectivity index is 1.97. The lowest BCUT2D eigenvalue weighted by Gasteiger charge is -2.10. The van der Waals surface area contributed by atoms with E-state index in [1.807, 2.05) is 13.0 Å². The van der Waals surface area contributed by atoms with Crippen LogP contribution in [-0.2, 0) is 4.79 Å². The summed E-state index contributed by atoms with van der Waals surface area (Å²) in [4.78, 5) is 11.8. The molecule has 0 saturated heterocycles. The molecule has 6 heteroatoms. The molecule has 0 aromatic heterocycles. The van der Waals surface area contributed by atoms with Gasteiger partial charge in [0, 0.05) is 0 Å². The summed E-state index contributed by atoms with van der Waals surface area (Å²) in [5.74, 6) is -1.21. The van der Waals surface area contributed by atoms with Gasteiger partial charge >= 0.3 is 0 Å². The van der Waals surface area contributed by atoms with Crippen LogP contribution in [0.2, 0.25) is 5.02 Å². The van der Waals surface area contributed by atoms with Crippen molar-refractivity contribution in [3.8, 4) is 5.75 Å². The topological polar surface area (TPSA) is 64.3 Å². The smallest absolute Gasteiger partial charge is 0.262 e. The second kappa shape index (κ2) is 6.45. The third-order valence-electron chi connectivity index (χ3n) is 2.76. The van der Waals surface area contributed by atoms with Crippen LogP contribution in [0.4, 0.5) is 15.8 Å². The van der Waals surface area contributed by atoms with Gasteiger partial charge in [0.15, 0.2) is 18.2 Å². The van der Waals surface area contributed by atoms with Crippen molar-refractivity contribution in [1.29, 1.82) is 0 Å². The van der Waals surface area contributed by atoms with E-state index in [1.54, 1.807) is 12.1 Å². The van der Waals surface area contributed by atoms with E-state index < -0.39 is 11.7 Å². The van der Waals surface area contributed by atoms with E-state index in [2.05, 4.69) is 5.32 Å². The van der Waals surface area contributed by atoms with Crippen molar-refractivity contribution in [1.82, 2.24) is 0 Å². The fourth-order valence-corrected chi connectivity index (χ4v) is 1.89. The lowest BCUT2D eigenvalue weighted by molar-refractivity contribution is -0.118. The highest BCUT2D eigenvalue weighted by atomic mass is 35.5. The van der Waals surface area contributed by atoms with E-state index in [4.69, 9.17) is 22.1 Å². The highest BCUT2D eigenvalue weighted by molar-refractivity contribution is 6.30. The third kappa shape index (κ3) is 3.86. The minimum Gasteiger partial charge on any atom is -0.481 e. The normalized spacial score (nSPS) is 10.2. The molecule has 1 amide bonds. The summed E-state index contributed by atoms with van der Waals surface area (Å²) in [5.41, 5.74) is 7.72. The van der Waals surface area contributed by atoms with Crippen LogP contribution < -0.4 is 15.8 Å². The maximum Gasteiger partial charge on any atom is 0.262 e. The zero-order chi connectivity index (χ0) is 15.4. The number of anilines is 2. The van der Waals surface area contributed by atoms with Crippen molar-refractivity contribution in [3.63, 3.8) is 0 Å². The zero-order valence-electron chi connectivity index (χ0n) is 11.3. The van der Waals surface area contributed by atoms with Gasteiger partial charge in [0.1, 0.15) is 0 Å². The van der Waals surface area contributed by atoms with Crippen LogP contribution in [-0.4, -0.2) is 12.5 Å². The van der Waals surface area contributed by atoms with Crippen LogP contribution in [0.1, 0.15) is 5.56 Å². The first-order valence-corrected chi connectivity index (χ1v) is 6.58. The van der Waals surface area contributed by atoms with Crippen molar-refractivity contribution in [2.24, 2.45) is 0 Å². The first-order valence-electron chi connectivity index (χ1n) is 6.20. The van der Waals surface area contributed by atoms with Gasteiger partial charge in [-0.3, -0.25) is 4.79 Å². The number of nitrogen functional groups attached to an aromatic ring is 1. The quantitative estimate of drug-likeness (QED) is 0.851. The van der Waals surface area contributed by atoms with Crippen LogP contribution in [0.25, 0.3) is 0 Å². The van der Waals surface area contributed by atoms with E-state index in [1.165, 1.54) is 18.2 Å². The first-order chi connectivity index (χ1) is 9.97. The van der Waals surface area contributed by atoms with E-state index >= 15 is 0 Å². The fourth-order valence-electron chi connectivity index (χ4n) is 1.72. The van der Waals surface area contributed by atoms with E-state index in [0.29, 0.717) is 11.4 Å². The van der Waals surface area contributed by atoms with Crippen molar-refractivity contribution < 1.29 is 13.9 Å². The average Bonchev–Trinajstić information content (AvgIpc) is 2.43. The third-order valence-corrected chi connectivity index (χ3v) is 3.05. The van der Waals surface area contributed by atoms with Gasteiger partial charge in [-0.1, -0.05) is 23.7 Å². The summed E-state index contributed by atoms with van der Waals surface area (Å²) in [6.45, 7) is 1.55. The number of hydrogen-bond acceptors (Lipinski definition) is 3. The monoisotopic (exact) mass is 308 g/mol. The molecule has 0 aliphatic rings. The van der Waals surface area contributed by atoms with Crippen LogP contribution in [0.5, 0.6) is 5.75 Å². The molecule has 4 nitrogen and oxygen atoms in total. The number of nitrogens with one attached hydrogen (secondary N) is 1. The number of carbonyl (C=O) groups excluding carboxylic acids is 1. The Labute approximate surface area is 126 Å². The average molecular weight is 309 g/mol. The minimum absolute atomic E-state index is 0.0595. The maximum atomic E-state index is 13.6. The molecule has 0 atom stereocenters. The Bertz CT molecular complexity index is 677. The van der Waals surface area contributed by atoms with Crippen molar-refractivity contribution in [3.05, 3.63) is 52.8 Å². The molecule has 0 aliphatic heterocycles. The van der Waals surface area contributed by atoms with Gasteiger partial charge in [-0.15, -0.1) is 0 Å². The summed E-state index contributed by atoms with van der Waals surface area (Å²) < 4.78 is 18.7. The van der Waals surface area contributed by atoms with Crippen molar-refractivity contribution in [2.75, 3.05) is 17.7 Å². The summed E-state index contributed by atoms with van der Waals surface area (Å²) in [5, 5.41) is 2.54. The molecule has 2 aromatic carbocycles. The van der Waals surface area contributed by atoms with E-state index in [-0.39, 0.29) is 17.4 Å². The largest absolute Gasteiger partial charge is 0.481 e. The first kappa shape index (κ1) is 15.1. The van der Waals surface area contributed by atoms with Gasteiger partial charge in [0.2, 0.25) is 0 Å². The van der Waals surface area contributed by atoms with Crippen LogP contribution in [0, 0.1) is 12.7 Å². The molecule has 2 rings (SSSR count). The molecule has 0 spiro atoms. The lowest BCUT2D eigenvalue weighted by Crippen LogP contribution is -2.21. The Hall–Kier alpha value is -2.27. The van der Waals surface area contributed by atoms with Crippen LogP contribution in [0.3, 0.4) is 0 Å². The van der Waals surface area contributed by atoms with Crippen molar-refractivity contribution >= 4 is 28.9 Å². The molecule has 0 bridgehead atoms. The minimum atomic E-state index is -0.693. The molecule has 0 aliphatic carbocycles. The summed E-state index contributed by atoms with van der Waals surface area (Å²) in [7, 11) is 0. The molecule has 0 radical (unpaired) electrons. The molecule has 21 heavy (non-hydrogen) atoms. The standard InChI is InChI=1S/C15H14ClFN2O2/c1-9-5-6-12(11(18)7-9)19-14(20)8-21-13-4-2-3-10(16)15(13)17/h2-7H,8,18H2,1H3,(H,19,20). The Morgan fingerprint density at radius 1 is 1.38 bits per heavy atom. The van der Waals surface area contributed by atoms with Gasteiger partial charge < -0.3 is 15.8 Å². The van der Waals surface area contributed by atoms with E-state index in [9.17, 15) is 9.18 Å². The second-order valence-corrected chi connectivity index (χ2v) is 4.89. The highest BCUT2D eigenvalue weighted by Gasteiger charge is 2.10. The number of halogens is 2. The number of amides is 1. The Kier molecular flexibility index (Phi) is 4.65. The van der Waals surface area contributed by atoms with Gasteiger partial charge in [-0.25, -0.2) is 4.39 Å². The SMILES string of the molecule is Cc1ccc(NC(=O)COc2cccc(Cl)c2F)c(N)c1. The van der Waals surface area contributed by atoms with Gasteiger partial charge in [-0.2, -0.15) is 0 Å². The number of rotatable bonds is 4. The van der Waals surface area contributed by atoms with E-state index in [0.717, 1.165) is 5.56 Å². The molecule has 2 aromatic rings. The number of benzene rings is 2. The number of hydrogen-bond donors (Lipinski definition) is 2. The maximum absolute atomic E-state index is 13.6. The molecule has 0 fully saturated rings. The Morgan fingerprint density at radius 2 is 2.14 bits per heavy atom. The molecule has 0 saturated carbocycles. The molecule has 0 heterocycles. The predicted molar refractivity (Wildman–Crippen MR) is 81.1 cm³/mol. The molecular formula is C15H14ClFN2O2. The number of ether oxygens (including phenoxy) is 1. The van der Waals surface area contributed by atoms with Gasteiger partial charge in [-0.05, 0) is 36.8 Å². The lowest BCUT2D eigenvalue weighted by atomic mass is 10.2. The van der Waals surface area contributed by atoms with Gasteiger partial charge in [0.25, 0.3) is 5.91 Å². The summed E-state index contributed by atoms with van der Waals surface area (Å²) in [6, 6.07) is 9.60.